The number of hydrogen-bond acceptors (Lipinski definition) is 4. The number of benzene rings is 2. The topological polar surface area (TPSA) is 64.6 Å². The molecule has 2 aromatic rings. The molecule has 0 amide bonds. The van der Waals surface area contributed by atoms with Crippen molar-refractivity contribution < 1.29 is 17.9 Å². The molecule has 6 heteroatoms. The summed E-state index contributed by atoms with van der Waals surface area (Å²) in [6, 6.07) is 15.3. The molecule has 0 fully saturated rings. The van der Waals surface area contributed by atoms with Crippen LogP contribution in [-0.2, 0) is 16.4 Å². The highest BCUT2D eigenvalue weighted by molar-refractivity contribution is 7.93. The van der Waals surface area contributed by atoms with Gasteiger partial charge in [-0.25, -0.2) is 13.1 Å². The fraction of sp³-hybridized carbons (Fsp3) is 0.263. The van der Waals surface area contributed by atoms with Gasteiger partial charge in [0, 0.05) is 0 Å². The van der Waals surface area contributed by atoms with E-state index in [1.807, 2.05) is 48.5 Å². The third kappa shape index (κ3) is 3.41. The first-order chi connectivity index (χ1) is 12.1. The fourth-order valence-corrected chi connectivity index (χ4v) is 4.32. The molecule has 0 bridgehead atoms. The molecule has 1 heterocycles. The summed E-state index contributed by atoms with van der Waals surface area (Å²) in [7, 11) is -3.53. The maximum Gasteiger partial charge on any atom is 0.236 e. The van der Waals surface area contributed by atoms with Crippen LogP contribution in [0.2, 0.25) is 0 Å². The largest absolute Gasteiger partial charge is 0.486 e. The summed E-state index contributed by atoms with van der Waals surface area (Å²) in [4.78, 5) is 0.420. The minimum atomic E-state index is -3.53. The molecule has 1 aliphatic heterocycles. The predicted octanol–water partition coefficient (Wildman–Crippen LogP) is 2.73. The van der Waals surface area contributed by atoms with E-state index in [9.17, 15) is 8.42 Å². The Morgan fingerprint density at radius 2 is 1.76 bits per heavy atom. The van der Waals surface area contributed by atoms with Gasteiger partial charge in [0.05, 0.1) is 11.4 Å². The van der Waals surface area contributed by atoms with Crippen molar-refractivity contribution in [2.75, 3.05) is 13.2 Å². The van der Waals surface area contributed by atoms with E-state index in [0.29, 0.717) is 29.4 Å². The van der Waals surface area contributed by atoms with Gasteiger partial charge in [0.25, 0.3) is 0 Å². The van der Waals surface area contributed by atoms with E-state index in [1.54, 1.807) is 6.08 Å². The minimum absolute atomic E-state index is 0.176. The zero-order valence-electron chi connectivity index (χ0n) is 13.6. The van der Waals surface area contributed by atoms with Gasteiger partial charge >= 0.3 is 0 Å². The zero-order chi connectivity index (χ0) is 17.3. The predicted molar refractivity (Wildman–Crippen MR) is 96.0 cm³/mol. The third-order valence-corrected chi connectivity index (χ3v) is 5.99. The second-order valence-electron chi connectivity index (χ2n) is 6.16. The van der Waals surface area contributed by atoms with Crippen LogP contribution in [0.4, 0.5) is 0 Å². The number of aryl methyl sites for hydroxylation is 1. The van der Waals surface area contributed by atoms with Gasteiger partial charge in [-0.15, -0.1) is 0 Å². The molecule has 2 aromatic carbocycles. The second kappa shape index (κ2) is 6.54. The van der Waals surface area contributed by atoms with Crippen molar-refractivity contribution in [3.63, 3.8) is 0 Å². The van der Waals surface area contributed by atoms with Gasteiger partial charge in [0.1, 0.15) is 12.7 Å². The molecular formula is C19H19NO4S. The average molecular weight is 357 g/mol. The number of ether oxygens (including phenoxy) is 2. The van der Waals surface area contributed by atoms with Crippen LogP contribution in [0, 0.1) is 0 Å². The molecule has 2 aliphatic rings. The number of para-hydroxylation sites is 2. The maximum atomic E-state index is 12.6. The van der Waals surface area contributed by atoms with Crippen LogP contribution in [0.5, 0.6) is 11.5 Å². The number of rotatable bonds is 4. The van der Waals surface area contributed by atoms with Gasteiger partial charge < -0.3 is 9.47 Å². The summed E-state index contributed by atoms with van der Waals surface area (Å²) in [6.45, 7) is 0.497. The van der Waals surface area contributed by atoms with Gasteiger partial charge in [-0.2, -0.15) is 0 Å². The fourth-order valence-electron chi connectivity index (χ4n) is 3.08. The quantitative estimate of drug-likeness (QED) is 0.914. The van der Waals surface area contributed by atoms with Crippen LogP contribution in [-0.4, -0.2) is 27.7 Å². The lowest BCUT2D eigenvalue weighted by atomic mass is 9.98. The monoisotopic (exact) mass is 357 g/mol. The zero-order valence-corrected chi connectivity index (χ0v) is 14.5. The average Bonchev–Trinajstić information content (AvgIpc) is 2.66. The summed E-state index contributed by atoms with van der Waals surface area (Å²) < 4.78 is 39.3. The Kier molecular flexibility index (Phi) is 4.23. The summed E-state index contributed by atoms with van der Waals surface area (Å²) in [6.07, 6.45) is 2.66. The first-order valence-electron chi connectivity index (χ1n) is 8.28. The lowest BCUT2D eigenvalue weighted by Crippen LogP contribution is -2.41. The molecular weight excluding hydrogens is 338 g/mol. The summed E-state index contributed by atoms with van der Waals surface area (Å²) >= 11 is 0. The number of fused-ring (bicyclic) bond motifs is 2. The Labute approximate surface area is 147 Å². The van der Waals surface area contributed by atoms with Crippen LogP contribution in [0.15, 0.2) is 53.4 Å². The third-order valence-electron chi connectivity index (χ3n) is 4.43. The van der Waals surface area contributed by atoms with E-state index in [-0.39, 0.29) is 12.6 Å². The molecule has 1 aliphatic carbocycles. The van der Waals surface area contributed by atoms with E-state index < -0.39 is 10.0 Å². The van der Waals surface area contributed by atoms with Crippen molar-refractivity contribution in [3.8, 4) is 11.5 Å². The first kappa shape index (κ1) is 16.2. The van der Waals surface area contributed by atoms with Crippen molar-refractivity contribution in [3.05, 3.63) is 64.6 Å². The SMILES string of the molecule is O=S(=O)(NC[C@H]1COc2ccccc2O1)C1=Cc2ccccc2CC1. The molecule has 130 valence electrons. The van der Waals surface area contributed by atoms with Crippen molar-refractivity contribution >= 4 is 16.1 Å². The van der Waals surface area contributed by atoms with Gasteiger partial charge in [0.15, 0.2) is 11.5 Å². The van der Waals surface area contributed by atoms with Gasteiger partial charge in [-0.3, -0.25) is 0 Å². The van der Waals surface area contributed by atoms with Crippen LogP contribution in [0.1, 0.15) is 17.5 Å². The smallest absolute Gasteiger partial charge is 0.236 e. The maximum absolute atomic E-state index is 12.6. The Hall–Kier alpha value is -2.31. The molecule has 0 spiro atoms. The Morgan fingerprint density at radius 1 is 1.00 bits per heavy atom. The van der Waals surface area contributed by atoms with Crippen molar-refractivity contribution in [1.29, 1.82) is 0 Å². The lowest BCUT2D eigenvalue weighted by Gasteiger charge is -2.26. The highest BCUT2D eigenvalue weighted by Gasteiger charge is 2.25. The summed E-state index contributed by atoms with van der Waals surface area (Å²) in [5, 5.41) is 0. The minimum Gasteiger partial charge on any atom is -0.486 e. The number of allylic oxidation sites excluding steroid dienone is 1. The summed E-state index contributed by atoms with van der Waals surface area (Å²) in [5.41, 5.74) is 2.15. The highest BCUT2D eigenvalue weighted by atomic mass is 32.2. The molecule has 0 saturated heterocycles. The molecule has 4 rings (SSSR count). The molecule has 1 atom stereocenters. The van der Waals surface area contributed by atoms with E-state index >= 15 is 0 Å². The number of nitrogens with one attached hydrogen (secondary N) is 1. The van der Waals surface area contributed by atoms with E-state index in [1.165, 1.54) is 5.56 Å². The second-order valence-corrected chi connectivity index (χ2v) is 7.98. The molecule has 25 heavy (non-hydrogen) atoms. The van der Waals surface area contributed by atoms with Crippen molar-refractivity contribution in [2.24, 2.45) is 0 Å². The highest BCUT2D eigenvalue weighted by Crippen LogP contribution is 2.31. The van der Waals surface area contributed by atoms with Crippen LogP contribution >= 0.6 is 0 Å². The van der Waals surface area contributed by atoms with Crippen LogP contribution in [0.3, 0.4) is 0 Å². The van der Waals surface area contributed by atoms with Crippen molar-refractivity contribution in [1.82, 2.24) is 4.72 Å². The Bertz CT molecular complexity index is 921. The summed E-state index contributed by atoms with van der Waals surface area (Å²) in [5.74, 6) is 1.33. The molecule has 0 saturated carbocycles. The van der Waals surface area contributed by atoms with Crippen molar-refractivity contribution in [2.45, 2.75) is 18.9 Å². The van der Waals surface area contributed by atoms with Crippen LogP contribution in [0.25, 0.3) is 6.08 Å². The Balaban J connectivity index is 1.44. The Morgan fingerprint density at radius 3 is 2.64 bits per heavy atom. The molecule has 5 nitrogen and oxygen atoms in total. The number of hydrogen-bond donors (Lipinski definition) is 1. The van der Waals surface area contributed by atoms with Gasteiger partial charge in [-0.1, -0.05) is 36.4 Å². The number of sulfonamides is 1. The first-order valence-corrected chi connectivity index (χ1v) is 9.77. The lowest BCUT2D eigenvalue weighted by molar-refractivity contribution is 0.0943. The molecule has 0 radical (unpaired) electrons. The van der Waals surface area contributed by atoms with Gasteiger partial charge in [0.2, 0.25) is 10.0 Å². The van der Waals surface area contributed by atoms with E-state index in [2.05, 4.69) is 4.72 Å². The normalized spacial score (nSPS) is 19.0. The van der Waals surface area contributed by atoms with Gasteiger partial charge in [-0.05, 0) is 42.2 Å². The molecule has 0 aromatic heterocycles. The molecule has 0 unspecified atom stereocenters. The standard InChI is InChI=1S/C19H19NO4S/c21-25(22,17-10-9-14-5-1-2-6-15(14)11-17)20-12-16-13-23-18-7-3-4-8-19(18)24-16/h1-8,11,16,20H,9-10,12-13H2/t16-/m0/s1. The van der Waals surface area contributed by atoms with E-state index in [0.717, 1.165) is 12.0 Å². The molecule has 1 N–H and O–H groups in total. The van der Waals surface area contributed by atoms with E-state index in [4.69, 9.17) is 9.47 Å². The van der Waals surface area contributed by atoms with Crippen LogP contribution < -0.4 is 14.2 Å².